The summed E-state index contributed by atoms with van der Waals surface area (Å²) in [5.41, 5.74) is 2.08. The second kappa shape index (κ2) is 12.6. The van der Waals surface area contributed by atoms with Crippen LogP contribution in [0, 0.1) is 11.5 Å². The van der Waals surface area contributed by atoms with Crippen molar-refractivity contribution in [3.05, 3.63) is 89.7 Å². The van der Waals surface area contributed by atoms with Crippen LogP contribution in [-0.2, 0) is 12.0 Å². The molecule has 9 nitrogen and oxygen atoms in total. The fourth-order valence-corrected chi connectivity index (χ4v) is 4.76. The van der Waals surface area contributed by atoms with E-state index < -0.39 is 0 Å². The summed E-state index contributed by atoms with van der Waals surface area (Å²) in [7, 11) is 3.21. The Labute approximate surface area is 223 Å². The number of nitrogens with one attached hydrogen (secondary N) is 2. The van der Waals surface area contributed by atoms with E-state index in [-0.39, 0.29) is 11.3 Å². The summed E-state index contributed by atoms with van der Waals surface area (Å²) < 4.78 is 10.9. The highest BCUT2D eigenvalue weighted by atomic mass is 16.5. The van der Waals surface area contributed by atoms with Gasteiger partial charge in [-0.2, -0.15) is 5.26 Å². The average Bonchev–Trinajstić information content (AvgIpc) is 2.99. The number of pyridine rings is 1. The van der Waals surface area contributed by atoms with Gasteiger partial charge in [0.1, 0.15) is 11.5 Å². The Morgan fingerprint density at radius 2 is 1.87 bits per heavy atom. The predicted octanol–water partition coefficient (Wildman–Crippen LogP) is 3.49. The SMILES string of the molecule is COc1cccc(C2(CNC(=O)c3ccccc3OC)CCN(C(=NCc3ccccn3)NC#N)CC2)c1. The summed E-state index contributed by atoms with van der Waals surface area (Å²) in [5.74, 6) is 1.64. The number of para-hydroxylation sites is 1. The number of hydrogen-bond acceptors (Lipinski definition) is 6. The number of carbonyl (C=O) groups is 1. The van der Waals surface area contributed by atoms with Crippen LogP contribution in [0.4, 0.5) is 0 Å². The largest absolute Gasteiger partial charge is 0.497 e. The number of guanidine groups is 1. The number of rotatable bonds is 8. The van der Waals surface area contributed by atoms with Crippen molar-refractivity contribution < 1.29 is 14.3 Å². The normalized spacial score (nSPS) is 14.8. The highest BCUT2D eigenvalue weighted by Gasteiger charge is 2.38. The lowest BCUT2D eigenvalue weighted by molar-refractivity contribution is 0.0929. The predicted molar refractivity (Wildman–Crippen MR) is 145 cm³/mol. The van der Waals surface area contributed by atoms with Gasteiger partial charge in [-0.1, -0.05) is 30.3 Å². The van der Waals surface area contributed by atoms with Crippen molar-refractivity contribution in [3.8, 4) is 17.7 Å². The van der Waals surface area contributed by atoms with Gasteiger partial charge in [-0.3, -0.25) is 15.1 Å². The number of methoxy groups -OCH3 is 2. The molecule has 2 aromatic carbocycles. The van der Waals surface area contributed by atoms with Gasteiger partial charge in [0.25, 0.3) is 5.91 Å². The minimum atomic E-state index is -0.332. The van der Waals surface area contributed by atoms with Gasteiger partial charge in [-0.15, -0.1) is 0 Å². The third-order valence-corrected chi connectivity index (χ3v) is 6.93. The van der Waals surface area contributed by atoms with E-state index in [1.807, 2.05) is 54.7 Å². The molecule has 1 amide bonds. The number of nitriles is 1. The summed E-state index contributed by atoms with van der Waals surface area (Å²) in [6.45, 7) is 2.11. The maximum Gasteiger partial charge on any atom is 0.255 e. The molecular weight excluding hydrogens is 480 g/mol. The van der Waals surface area contributed by atoms with Crippen molar-refractivity contribution in [1.82, 2.24) is 20.5 Å². The molecular formula is C29H32N6O3. The number of likely N-dealkylation sites (tertiary alicyclic amines) is 1. The number of hydrogen-bond donors (Lipinski definition) is 2. The number of aromatic nitrogens is 1. The second-order valence-electron chi connectivity index (χ2n) is 9.08. The van der Waals surface area contributed by atoms with Crippen LogP contribution < -0.4 is 20.1 Å². The number of piperidine rings is 1. The Morgan fingerprint density at radius 3 is 2.58 bits per heavy atom. The van der Waals surface area contributed by atoms with Gasteiger partial charge in [0.2, 0.25) is 5.96 Å². The first-order valence-electron chi connectivity index (χ1n) is 12.5. The molecule has 1 aliphatic heterocycles. The van der Waals surface area contributed by atoms with Gasteiger partial charge in [0, 0.05) is 31.2 Å². The van der Waals surface area contributed by atoms with E-state index in [0.29, 0.717) is 43.5 Å². The van der Waals surface area contributed by atoms with Crippen LogP contribution in [-0.4, -0.2) is 55.6 Å². The first kappa shape index (κ1) is 26.5. The maximum atomic E-state index is 13.1. The lowest BCUT2D eigenvalue weighted by Gasteiger charge is -2.43. The molecule has 38 heavy (non-hydrogen) atoms. The van der Waals surface area contributed by atoms with Crippen LogP contribution in [0.1, 0.15) is 34.5 Å². The first-order valence-corrected chi connectivity index (χ1v) is 12.5. The Bertz CT molecular complexity index is 1300. The molecule has 0 atom stereocenters. The highest BCUT2D eigenvalue weighted by Crippen LogP contribution is 2.37. The van der Waals surface area contributed by atoms with Crippen molar-refractivity contribution in [1.29, 1.82) is 5.26 Å². The van der Waals surface area contributed by atoms with Crippen LogP contribution in [0.2, 0.25) is 0 Å². The van der Waals surface area contributed by atoms with Crippen LogP contribution >= 0.6 is 0 Å². The van der Waals surface area contributed by atoms with Crippen LogP contribution in [0.5, 0.6) is 11.5 Å². The first-order chi connectivity index (χ1) is 18.6. The van der Waals surface area contributed by atoms with Crippen LogP contribution in [0.25, 0.3) is 0 Å². The number of benzene rings is 2. The van der Waals surface area contributed by atoms with E-state index in [4.69, 9.17) is 9.47 Å². The van der Waals surface area contributed by atoms with E-state index in [0.717, 1.165) is 29.8 Å². The Hall–Kier alpha value is -4.58. The molecule has 4 rings (SSSR count). The van der Waals surface area contributed by atoms with E-state index in [1.54, 1.807) is 32.5 Å². The monoisotopic (exact) mass is 512 g/mol. The number of carbonyl (C=O) groups excluding carboxylic acids is 1. The smallest absolute Gasteiger partial charge is 0.255 e. The topological polar surface area (TPSA) is 112 Å². The summed E-state index contributed by atoms with van der Waals surface area (Å²) in [6.07, 6.45) is 5.21. The van der Waals surface area contributed by atoms with Gasteiger partial charge in [0.15, 0.2) is 6.19 Å². The zero-order valence-corrected chi connectivity index (χ0v) is 21.7. The minimum absolute atomic E-state index is 0.184. The van der Waals surface area contributed by atoms with E-state index in [9.17, 15) is 10.1 Å². The third-order valence-electron chi connectivity index (χ3n) is 6.93. The molecule has 196 valence electrons. The molecule has 0 unspecified atom stereocenters. The highest BCUT2D eigenvalue weighted by molar-refractivity contribution is 5.97. The Kier molecular flexibility index (Phi) is 8.77. The third kappa shape index (κ3) is 6.21. The molecule has 9 heteroatoms. The maximum absolute atomic E-state index is 13.1. The Morgan fingerprint density at radius 1 is 1.08 bits per heavy atom. The van der Waals surface area contributed by atoms with Crippen LogP contribution in [0.15, 0.2) is 77.9 Å². The van der Waals surface area contributed by atoms with E-state index in [1.165, 1.54) is 0 Å². The molecule has 0 aliphatic carbocycles. The molecule has 2 N–H and O–H groups in total. The molecule has 1 fully saturated rings. The fourth-order valence-electron chi connectivity index (χ4n) is 4.76. The minimum Gasteiger partial charge on any atom is -0.497 e. The Balaban J connectivity index is 1.54. The lowest BCUT2D eigenvalue weighted by atomic mass is 9.72. The van der Waals surface area contributed by atoms with Gasteiger partial charge in [0.05, 0.1) is 32.0 Å². The molecule has 1 saturated heterocycles. The fraction of sp³-hybridized carbons (Fsp3) is 0.310. The van der Waals surface area contributed by atoms with E-state index >= 15 is 0 Å². The second-order valence-corrected chi connectivity index (χ2v) is 9.08. The summed E-state index contributed by atoms with van der Waals surface area (Å²) in [5, 5.41) is 15.2. The molecule has 0 spiro atoms. The standard InChI is InChI=1S/C29H32N6O3/c1-37-24-10-7-8-22(18-24)29(20-33-27(36)25-11-3-4-12-26(25)38-2)13-16-35(17-14-29)28(34-21-30)32-19-23-9-5-6-15-31-23/h3-12,15,18H,13-14,16-17,19-20H2,1-2H3,(H,32,34)(H,33,36). The number of ether oxygens (including phenoxy) is 2. The number of aliphatic imine (C=N–C) groups is 1. The van der Waals surface area contributed by atoms with Crippen molar-refractivity contribution >= 4 is 11.9 Å². The lowest BCUT2D eigenvalue weighted by Crippen LogP contribution is -2.52. The van der Waals surface area contributed by atoms with Crippen LogP contribution in [0.3, 0.4) is 0 Å². The summed E-state index contributed by atoms with van der Waals surface area (Å²) >= 11 is 0. The molecule has 2 heterocycles. The van der Waals surface area contributed by atoms with Crippen molar-refractivity contribution in [2.45, 2.75) is 24.8 Å². The van der Waals surface area contributed by atoms with Gasteiger partial charge in [-0.05, 0) is 54.8 Å². The number of amides is 1. The summed E-state index contributed by atoms with van der Waals surface area (Å²) in [4.78, 5) is 24.2. The molecule has 1 aliphatic rings. The van der Waals surface area contributed by atoms with E-state index in [2.05, 4.69) is 31.6 Å². The van der Waals surface area contributed by atoms with Gasteiger partial charge in [-0.25, -0.2) is 4.99 Å². The molecule has 0 saturated carbocycles. The number of nitrogens with zero attached hydrogens (tertiary/aromatic N) is 4. The molecule has 1 aromatic heterocycles. The van der Waals surface area contributed by atoms with Gasteiger partial charge >= 0.3 is 0 Å². The molecule has 3 aromatic rings. The molecule has 0 bridgehead atoms. The van der Waals surface area contributed by atoms with Crippen molar-refractivity contribution in [2.75, 3.05) is 33.9 Å². The molecule has 0 radical (unpaired) electrons. The average molecular weight is 513 g/mol. The van der Waals surface area contributed by atoms with Crippen molar-refractivity contribution in [2.24, 2.45) is 4.99 Å². The zero-order valence-electron chi connectivity index (χ0n) is 21.7. The summed E-state index contributed by atoms with van der Waals surface area (Å²) in [6, 6.07) is 20.9. The zero-order chi connectivity index (χ0) is 26.8. The quantitative estimate of drug-likeness (QED) is 0.206. The van der Waals surface area contributed by atoms with Gasteiger partial charge < -0.3 is 19.7 Å². The van der Waals surface area contributed by atoms with Crippen molar-refractivity contribution in [3.63, 3.8) is 0 Å².